The highest BCUT2D eigenvalue weighted by Gasteiger charge is 2.06. The van der Waals surface area contributed by atoms with Crippen LogP contribution in [-0.2, 0) is 27.2 Å². The van der Waals surface area contributed by atoms with Crippen LogP contribution in [0.1, 0.15) is 31.4 Å². The molecule has 3 aromatic rings. The Hall–Kier alpha value is -4.12. The summed E-state index contributed by atoms with van der Waals surface area (Å²) in [4.78, 5) is 21.8. The van der Waals surface area contributed by atoms with Gasteiger partial charge in [-0.3, -0.25) is 4.79 Å². The van der Waals surface area contributed by atoms with Crippen molar-refractivity contribution in [1.82, 2.24) is 0 Å². The molecule has 0 aliphatic carbocycles. The van der Waals surface area contributed by atoms with Crippen LogP contribution in [0.15, 0.2) is 103 Å². The van der Waals surface area contributed by atoms with Gasteiger partial charge in [0.1, 0.15) is 5.75 Å². The molecule has 0 radical (unpaired) electrons. The Morgan fingerprint density at radius 2 is 1.40 bits per heavy atom. The molecule has 0 atom stereocenters. The lowest BCUT2D eigenvalue weighted by molar-refractivity contribution is -0.134. The number of benzene rings is 3. The molecule has 0 bridgehead atoms. The Kier molecular flexibility index (Phi) is 11.6. The number of carbonyl (C=O) groups is 2. The number of allylic oxidation sites excluding steroid dienone is 1. The van der Waals surface area contributed by atoms with E-state index in [4.69, 9.17) is 14.6 Å². The van der Waals surface area contributed by atoms with Crippen molar-refractivity contribution in [1.29, 1.82) is 0 Å². The quantitative estimate of drug-likeness (QED) is 0.118. The predicted molar refractivity (Wildman–Crippen MR) is 139 cm³/mol. The number of carboxylic acids is 1. The van der Waals surface area contributed by atoms with E-state index in [1.54, 1.807) is 6.26 Å². The summed E-state index contributed by atoms with van der Waals surface area (Å²) < 4.78 is 10.8. The van der Waals surface area contributed by atoms with Gasteiger partial charge in [0.25, 0.3) is 0 Å². The highest BCUT2D eigenvalue weighted by atomic mass is 16.5. The van der Waals surface area contributed by atoms with Gasteiger partial charge in [-0.1, -0.05) is 79.4 Å². The van der Waals surface area contributed by atoms with Gasteiger partial charge in [0.2, 0.25) is 0 Å². The molecule has 0 aliphatic rings. The molecule has 0 heterocycles. The number of hydrogen-bond acceptors (Lipinski definition) is 4. The Labute approximate surface area is 207 Å². The lowest BCUT2D eigenvalue weighted by atomic mass is 10.0. The van der Waals surface area contributed by atoms with Crippen LogP contribution in [0, 0.1) is 0 Å². The van der Waals surface area contributed by atoms with Crippen LogP contribution in [-0.4, -0.2) is 23.7 Å². The lowest BCUT2D eigenvalue weighted by Gasteiger charge is -2.07. The molecular weight excluding hydrogens is 440 g/mol. The summed E-state index contributed by atoms with van der Waals surface area (Å²) in [5, 5.41) is 7.89. The smallest absolute Gasteiger partial charge is 0.330 e. The summed E-state index contributed by atoms with van der Waals surface area (Å²) in [7, 11) is 0. The Balaban J connectivity index is 0.000000641. The average molecular weight is 473 g/mol. The number of ether oxygens (including phenoxy) is 2. The molecule has 0 aromatic heterocycles. The lowest BCUT2D eigenvalue weighted by Crippen LogP contribution is -2.09. The first-order valence-corrected chi connectivity index (χ1v) is 11.4. The van der Waals surface area contributed by atoms with Gasteiger partial charge in [-0.2, -0.15) is 0 Å². The molecule has 182 valence electrons. The van der Waals surface area contributed by atoms with Gasteiger partial charge in [-0.15, -0.1) is 0 Å². The fraction of sp³-hybridized carbons (Fsp3) is 0.200. The van der Waals surface area contributed by atoms with Crippen LogP contribution in [0.3, 0.4) is 0 Å². The van der Waals surface area contributed by atoms with Gasteiger partial charge in [0.15, 0.2) is 0 Å². The number of carboxylic acid groups (broad SMARTS) is 1. The van der Waals surface area contributed by atoms with Crippen molar-refractivity contribution < 1.29 is 24.2 Å². The SMILES string of the molecule is C=C(C)C(=O)O.CC=COCCc1ccc(OC(=O)CCc2ccc(-c3ccccc3)cc2)cc1. The Morgan fingerprint density at radius 1 is 0.857 bits per heavy atom. The number of hydrogen-bond donors (Lipinski definition) is 1. The largest absolute Gasteiger partial charge is 0.501 e. The molecule has 0 saturated carbocycles. The van der Waals surface area contributed by atoms with Crippen LogP contribution in [0.4, 0.5) is 0 Å². The van der Waals surface area contributed by atoms with Crippen LogP contribution < -0.4 is 4.74 Å². The highest BCUT2D eigenvalue weighted by molar-refractivity contribution is 5.84. The second kappa shape index (κ2) is 14.9. The summed E-state index contributed by atoms with van der Waals surface area (Å²) in [6.45, 7) is 7.15. The van der Waals surface area contributed by atoms with Crippen molar-refractivity contribution in [3.05, 3.63) is 114 Å². The molecule has 0 fully saturated rings. The Bertz CT molecular complexity index is 1090. The van der Waals surface area contributed by atoms with Crippen LogP contribution in [0.2, 0.25) is 0 Å². The maximum Gasteiger partial charge on any atom is 0.330 e. The first kappa shape index (κ1) is 27.1. The van der Waals surface area contributed by atoms with E-state index in [1.807, 2.05) is 55.5 Å². The van der Waals surface area contributed by atoms with E-state index in [1.165, 1.54) is 18.1 Å². The van der Waals surface area contributed by atoms with Crippen molar-refractivity contribution in [2.24, 2.45) is 0 Å². The summed E-state index contributed by atoms with van der Waals surface area (Å²) in [5.41, 5.74) is 4.81. The summed E-state index contributed by atoms with van der Waals surface area (Å²) >= 11 is 0. The normalized spacial score (nSPS) is 10.2. The fourth-order valence-corrected chi connectivity index (χ4v) is 2.99. The molecule has 3 aromatic carbocycles. The third kappa shape index (κ3) is 10.6. The van der Waals surface area contributed by atoms with E-state index in [0.717, 1.165) is 17.5 Å². The molecular formula is C30H32O5. The molecule has 35 heavy (non-hydrogen) atoms. The molecule has 5 nitrogen and oxygen atoms in total. The van der Waals surface area contributed by atoms with E-state index < -0.39 is 5.97 Å². The molecule has 0 saturated heterocycles. The van der Waals surface area contributed by atoms with Crippen molar-refractivity contribution in [2.75, 3.05) is 6.61 Å². The van der Waals surface area contributed by atoms with Crippen LogP contribution in [0.25, 0.3) is 11.1 Å². The summed E-state index contributed by atoms with van der Waals surface area (Å²) in [5.74, 6) is -0.580. The van der Waals surface area contributed by atoms with Gasteiger partial charge in [-0.05, 0) is 54.7 Å². The van der Waals surface area contributed by atoms with Crippen LogP contribution in [0.5, 0.6) is 5.75 Å². The zero-order valence-electron chi connectivity index (χ0n) is 20.3. The molecule has 0 amide bonds. The van der Waals surface area contributed by atoms with Crippen molar-refractivity contribution in [3.63, 3.8) is 0 Å². The average Bonchev–Trinajstić information content (AvgIpc) is 2.87. The maximum atomic E-state index is 12.2. The monoisotopic (exact) mass is 472 g/mol. The van der Waals surface area contributed by atoms with E-state index in [-0.39, 0.29) is 11.5 Å². The first-order valence-electron chi connectivity index (χ1n) is 11.4. The number of carbonyl (C=O) groups excluding carboxylic acids is 1. The molecule has 1 N–H and O–H groups in total. The zero-order valence-corrected chi connectivity index (χ0v) is 20.3. The fourth-order valence-electron chi connectivity index (χ4n) is 2.99. The highest BCUT2D eigenvalue weighted by Crippen LogP contribution is 2.20. The zero-order chi connectivity index (χ0) is 25.5. The van der Waals surface area contributed by atoms with E-state index in [2.05, 4.69) is 43.0 Å². The third-order valence-corrected chi connectivity index (χ3v) is 4.94. The van der Waals surface area contributed by atoms with Gasteiger partial charge in [0.05, 0.1) is 12.9 Å². The number of aryl methyl sites for hydroxylation is 1. The minimum absolute atomic E-state index is 0.176. The number of rotatable bonds is 10. The molecule has 0 aliphatic heterocycles. The standard InChI is InChI=1S/C26H26O3.C4H6O2/c1-2-19-28-20-18-22-10-15-25(16-11-22)29-26(27)17-12-21-8-13-24(14-9-21)23-6-4-3-5-7-23;1-3(2)4(5)6/h2-11,13-16,19H,12,17-18,20H2,1H3;1H2,2H3,(H,5,6). The second-order valence-corrected chi connectivity index (χ2v) is 7.86. The number of esters is 1. The topological polar surface area (TPSA) is 72.8 Å². The van der Waals surface area contributed by atoms with E-state index in [9.17, 15) is 9.59 Å². The summed E-state index contributed by atoms with van der Waals surface area (Å²) in [6, 6.07) is 26.2. The first-order chi connectivity index (χ1) is 16.9. The summed E-state index contributed by atoms with van der Waals surface area (Å²) in [6.07, 6.45) is 5.38. The number of aliphatic carboxylic acids is 1. The minimum atomic E-state index is -0.935. The molecule has 0 unspecified atom stereocenters. The maximum absolute atomic E-state index is 12.2. The van der Waals surface area contributed by atoms with Gasteiger partial charge < -0.3 is 14.6 Å². The van der Waals surface area contributed by atoms with Crippen molar-refractivity contribution >= 4 is 11.9 Å². The Morgan fingerprint density at radius 3 is 1.97 bits per heavy atom. The third-order valence-electron chi connectivity index (χ3n) is 4.94. The molecule has 3 rings (SSSR count). The predicted octanol–water partition coefficient (Wildman–Crippen LogP) is 6.63. The van der Waals surface area contributed by atoms with Crippen molar-refractivity contribution in [3.8, 4) is 16.9 Å². The molecule has 5 heteroatoms. The van der Waals surface area contributed by atoms with E-state index in [0.29, 0.717) is 25.2 Å². The van der Waals surface area contributed by atoms with Crippen LogP contribution >= 0.6 is 0 Å². The van der Waals surface area contributed by atoms with E-state index >= 15 is 0 Å². The van der Waals surface area contributed by atoms with Gasteiger partial charge >= 0.3 is 11.9 Å². The van der Waals surface area contributed by atoms with Crippen molar-refractivity contribution in [2.45, 2.75) is 33.1 Å². The minimum Gasteiger partial charge on any atom is -0.501 e. The van der Waals surface area contributed by atoms with Gasteiger partial charge in [-0.25, -0.2) is 4.79 Å². The second-order valence-electron chi connectivity index (χ2n) is 7.86. The molecule has 0 spiro atoms. The van der Waals surface area contributed by atoms with Gasteiger partial charge in [0, 0.05) is 18.4 Å².